The van der Waals surface area contributed by atoms with Crippen LogP contribution in [0.15, 0.2) is 53.4 Å². The van der Waals surface area contributed by atoms with E-state index in [4.69, 9.17) is 0 Å². The van der Waals surface area contributed by atoms with E-state index in [2.05, 4.69) is 29.2 Å². The lowest BCUT2D eigenvalue weighted by molar-refractivity contribution is -0.132. The third kappa shape index (κ3) is 4.09. The second kappa shape index (κ2) is 7.92. The van der Waals surface area contributed by atoms with Crippen molar-refractivity contribution in [3.8, 4) is 0 Å². The second-order valence-corrected chi connectivity index (χ2v) is 10.3. The summed E-state index contributed by atoms with van der Waals surface area (Å²) >= 11 is 0. The van der Waals surface area contributed by atoms with Gasteiger partial charge in [0.15, 0.2) is 9.84 Å². The van der Waals surface area contributed by atoms with Crippen molar-refractivity contribution in [2.45, 2.75) is 42.7 Å². The van der Waals surface area contributed by atoms with Crippen molar-refractivity contribution in [1.29, 1.82) is 0 Å². The molecule has 1 heterocycles. The van der Waals surface area contributed by atoms with E-state index in [1.165, 1.54) is 30.2 Å². The summed E-state index contributed by atoms with van der Waals surface area (Å²) in [5, 5.41) is 0. The van der Waals surface area contributed by atoms with Crippen molar-refractivity contribution in [3.63, 3.8) is 0 Å². The zero-order valence-corrected chi connectivity index (χ0v) is 17.9. The molecule has 154 valence electrons. The van der Waals surface area contributed by atoms with Crippen LogP contribution < -0.4 is 0 Å². The normalized spacial score (nSPS) is 21.9. The van der Waals surface area contributed by atoms with Crippen LogP contribution in [0.3, 0.4) is 0 Å². The molecule has 0 radical (unpaired) electrons. The minimum atomic E-state index is -3.23. The van der Waals surface area contributed by atoms with Gasteiger partial charge in [-0.05, 0) is 61.2 Å². The molecule has 6 heteroatoms. The first-order chi connectivity index (χ1) is 13.8. The number of likely N-dealkylation sites (N-methyl/N-ethyl adjacent to an activating group) is 1. The van der Waals surface area contributed by atoms with E-state index in [1.807, 2.05) is 11.9 Å². The molecular weight excluding hydrogens is 384 g/mol. The number of hydrogen-bond acceptors (Lipinski definition) is 4. The first kappa shape index (κ1) is 20.1. The summed E-state index contributed by atoms with van der Waals surface area (Å²) in [4.78, 5) is 17.9. The van der Waals surface area contributed by atoms with E-state index in [0.717, 1.165) is 25.1 Å². The molecule has 0 unspecified atom stereocenters. The van der Waals surface area contributed by atoms with Gasteiger partial charge in [-0.2, -0.15) is 0 Å². The zero-order chi connectivity index (χ0) is 20.6. The number of sulfone groups is 1. The SMILES string of the molecule is CN(C(=O)Cc1ccc(S(C)(=O)=O)cc1)[C@@H]1c2ccccc2C[C@H]1N1CCCC1. The van der Waals surface area contributed by atoms with Crippen molar-refractivity contribution in [2.75, 3.05) is 26.4 Å². The van der Waals surface area contributed by atoms with Crippen LogP contribution in [0.25, 0.3) is 0 Å². The number of benzene rings is 2. The molecule has 2 atom stereocenters. The van der Waals surface area contributed by atoms with Gasteiger partial charge in [0.1, 0.15) is 0 Å². The van der Waals surface area contributed by atoms with E-state index in [1.54, 1.807) is 24.3 Å². The molecule has 0 N–H and O–H groups in total. The van der Waals surface area contributed by atoms with Gasteiger partial charge in [-0.1, -0.05) is 36.4 Å². The number of nitrogens with zero attached hydrogens (tertiary/aromatic N) is 2. The maximum Gasteiger partial charge on any atom is 0.227 e. The molecule has 2 aromatic rings. The standard InChI is InChI=1S/C23H28N2O3S/c1-24(22(26)15-17-9-11-19(12-10-17)29(2,27)28)23-20-8-4-3-7-18(20)16-21(23)25-13-5-6-14-25/h3-4,7-12,21,23H,5-6,13-16H2,1-2H3/t21-,23-/m1/s1. The third-order valence-corrected chi connectivity index (χ3v) is 7.42. The van der Waals surface area contributed by atoms with Gasteiger partial charge < -0.3 is 4.90 Å². The van der Waals surface area contributed by atoms with Crippen LogP contribution in [-0.4, -0.2) is 56.6 Å². The molecule has 0 aromatic heterocycles. The van der Waals surface area contributed by atoms with Crippen molar-refractivity contribution in [1.82, 2.24) is 9.80 Å². The molecule has 1 amide bonds. The summed E-state index contributed by atoms with van der Waals surface area (Å²) in [5.74, 6) is 0.0583. The van der Waals surface area contributed by atoms with Gasteiger partial charge in [0.25, 0.3) is 0 Å². The van der Waals surface area contributed by atoms with Crippen molar-refractivity contribution < 1.29 is 13.2 Å². The van der Waals surface area contributed by atoms with Gasteiger partial charge in [0.05, 0.1) is 17.4 Å². The van der Waals surface area contributed by atoms with Gasteiger partial charge in [-0.3, -0.25) is 9.69 Å². The highest BCUT2D eigenvalue weighted by atomic mass is 32.2. The predicted octanol–water partition coefficient (Wildman–Crippen LogP) is 2.85. The Morgan fingerprint density at radius 1 is 1.07 bits per heavy atom. The van der Waals surface area contributed by atoms with E-state index in [-0.39, 0.29) is 23.3 Å². The predicted molar refractivity (Wildman–Crippen MR) is 114 cm³/mol. The van der Waals surface area contributed by atoms with Crippen molar-refractivity contribution >= 4 is 15.7 Å². The summed E-state index contributed by atoms with van der Waals surface area (Å²) in [6, 6.07) is 15.5. The first-order valence-electron chi connectivity index (χ1n) is 10.2. The number of likely N-dealkylation sites (tertiary alicyclic amines) is 1. The fourth-order valence-electron chi connectivity index (χ4n) is 4.73. The number of carbonyl (C=O) groups is 1. The molecule has 1 aliphatic carbocycles. The Morgan fingerprint density at radius 2 is 1.72 bits per heavy atom. The first-order valence-corrected chi connectivity index (χ1v) is 12.1. The van der Waals surface area contributed by atoms with Crippen LogP contribution in [0.4, 0.5) is 0 Å². The molecule has 1 saturated heterocycles. The lowest BCUT2D eigenvalue weighted by Crippen LogP contribution is -2.44. The van der Waals surface area contributed by atoms with E-state index in [0.29, 0.717) is 6.04 Å². The lowest BCUT2D eigenvalue weighted by atomic mass is 10.0. The van der Waals surface area contributed by atoms with Gasteiger partial charge >= 0.3 is 0 Å². The van der Waals surface area contributed by atoms with Crippen LogP contribution in [0.2, 0.25) is 0 Å². The van der Waals surface area contributed by atoms with Crippen LogP contribution in [-0.2, 0) is 27.5 Å². The fourth-order valence-corrected chi connectivity index (χ4v) is 5.36. The van der Waals surface area contributed by atoms with E-state index >= 15 is 0 Å². The Hall–Kier alpha value is -2.18. The van der Waals surface area contributed by atoms with Gasteiger partial charge in [-0.25, -0.2) is 8.42 Å². The van der Waals surface area contributed by atoms with E-state index < -0.39 is 9.84 Å². The largest absolute Gasteiger partial charge is 0.337 e. The quantitative estimate of drug-likeness (QED) is 0.758. The molecule has 5 nitrogen and oxygen atoms in total. The molecule has 4 rings (SSSR count). The number of rotatable bonds is 5. The van der Waals surface area contributed by atoms with Crippen molar-refractivity contribution in [2.24, 2.45) is 0 Å². The highest BCUT2D eigenvalue weighted by Gasteiger charge is 2.40. The zero-order valence-electron chi connectivity index (χ0n) is 17.0. The Labute approximate surface area is 173 Å². The Morgan fingerprint density at radius 3 is 2.38 bits per heavy atom. The fraction of sp³-hybridized carbons (Fsp3) is 0.435. The second-order valence-electron chi connectivity index (χ2n) is 8.26. The minimum Gasteiger partial charge on any atom is -0.337 e. The topological polar surface area (TPSA) is 57.7 Å². The van der Waals surface area contributed by atoms with Crippen LogP contribution in [0, 0.1) is 0 Å². The van der Waals surface area contributed by atoms with Crippen LogP contribution in [0.1, 0.15) is 35.6 Å². The summed E-state index contributed by atoms with van der Waals surface area (Å²) in [7, 11) is -1.32. The molecule has 0 bridgehead atoms. The maximum atomic E-state index is 13.1. The molecule has 2 aliphatic rings. The third-order valence-electron chi connectivity index (χ3n) is 6.29. The summed E-state index contributed by atoms with van der Waals surface area (Å²) in [6.07, 6.45) is 4.90. The molecule has 2 aromatic carbocycles. The summed E-state index contributed by atoms with van der Waals surface area (Å²) < 4.78 is 23.3. The summed E-state index contributed by atoms with van der Waals surface area (Å²) in [6.45, 7) is 2.20. The Kier molecular flexibility index (Phi) is 5.49. The molecule has 0 saturated carbocycles. The minimum absolute atomic E-state index is 0.0583. The van der Waals surface area contributed by atoms with Gasteiger partial charge in [-0.15, -0.1) is 0 Å². The highest BCUT2D eigenvalue weighted by molar-refractivity contribution is 7.90. The molecule has 29 heavy (non-hydrogen) atoms. The number of hydrogen-bond donors (Lipinski definition) is 0. The number of fused-ring (bicyclic) bond motifs is 1. The average molecular weight is 413 g/mol. The molecule has 1 fully saturated rings. The smallest absolute Gasteiger partial charge is 0.227 e. The average Bonchev–Trinajstić information content (AvgIpc) is 3.34. The molecule has 1 aliphatic heterocycles. The maximum absolute atomic E-state index is 13.1. The van der Waals surface area contributed by atoms with Crippen LogP contribution >= 0.6 is 0 Å². The monoisotopic (exact) mass is 412 g/mol. The summed E-state index contributed by atoms with van der Waals surface area (Å²) in [5.41, 5.74) is 3.43. The highest BCUT2D eigenvalue weighted by Crippen LogP contribution is 2.39. The Balaban J connectivity index is 1.54. The lowest BCUT2D eigenvalue weighted by Gasteiger charge is -2.35. The molecule has 0 spiro atoms. The van der Waals surface area contributed by atoms with Crippen LogP contribution in [0.5, 0.6) is 0 Å². The van der Waals surface area contributed by atoms with Gasteiger partial charge in [0, 0.05) is 19.3 Å². The Bertz CT molecular complexity index is 995. The number of carbonyl (C=O) groups excluding carboxylic acids is 1. The van der Waals surface area contributed by atoms with E-state index in [9.17, 15) is 13.2 Å². The molecular formula is C23H28N2O3S. The van der Waals surface area contributed by atoms with Crippen molar-refractivity contribution in [3.05, 3.63) is 65.2 Å². The number of amides is 1. The van der Waals surface area contributed by atoms with Gasteiger partial charge in [0.2, 0.25) is 5.91 Å².